The van der Waals surface area contributed by atoms with Gasteiger partial charge in [0.05, 0.1) is 28.8 Å². The van der Waals surface area contributed by atoms with Crippen LogP contribution >= 0.6 is 11.3 Å². The number of carbonyl (C=O) groups is 1. The van der Waals surface area contributed by atoms with E-state index in [1.807, 2.05) is 10.9 Å². The molecule has 212 valence electrons. The molecule has 10 heteroatoms. The summed E-state index contributed by atoms with van der Waals surface area (Å²) in [5.74, 6) is 1.46. The molecular formula is C29H44N8OS. The summed E-state index contributed by atoms with van der Waals surface area (Å²) in [4.78, 5) is 34.4. The molecule has 2 fully saturated rings. The first-order chi connectivity index (χ1) is 19.1. The molecule has 0 unspecified atom stereocenters. The predicted molar refractivity (Wildman–Crippen MR) is 157 cm³/mol. The molecule has 0 radical (unpaired) electrons. The molecule has 5 rings (SSSR count). The Balaban J connectivity index is 1.17. The third-order valence-electron chi connectivity index (χ3n) is 8.26. The smallest absolute Gasteiger partial charge is 0.225 e. The Morgan fingerprint density at radius 1 is 1.00 bits per heavy atom. The van der Waals surface area contributed by atoms with E-state index >= 15 is 0 Å². The van der Waals surface area contributed by atoms with Crippen molar-refractivity contribution in [1.82, 2.24) is 34.5 Å². The lowest BCUT2D eigenvalue weighted by molar-refractivity contribution is -0.137. The lowest BCUT2D eigenvalue weighted by Gasteiger charge is -2.40. The number of rotatable bonds is 11. The molecule has 0 spiro atoms. The van der Waals surface area contributed by atoms with E-state index in [1.54, 1.807) is 17.7 Å². The van der Waals surface area contributed by atoms with Crippen molar-refractivity contribution in [3.8, 4) is 0 Å². The van der Waals surface area contributed by atoms with Gasteiger partial charge in [-0.2, -0.15) is 5.10 Å². The monoisotopic (exact) mass is 552 g/mol. The highest BCUT2D eigenvalue weighted by atomic mass is 32.1. The molecule has 1 amide bonds. The molecule has 0 bridgehead atoms. The van der Waals surface area contributed by atoms with Crippen molar-refractivity contribution in [2.45, 2.75) is 84.7 Å². The Morgan fingerprint density at radius 2 is 1.74 bits per heavy atom. The second-order valence-corrected chi connectivity index (χ2v) is 12.0. The SMILES string of the molecule is CCCc1nc(Cn2ncc3c(N4CCN(C(=O)C5CCC(N(CCC)CCC)CC5)CC4)ncnc32)cs1. The molecule has 9 nitrogen and oxygen atoms in total. The Hall–Kier alpha value is -2.59. The summed E-state index contributed by atoms with van der Waals surface area (Å²) in [7, 11) is 0. The van der Waals surface area contributed by atoms with Gasteiger partial charge in [-0.15, -0.1) is 11.3 Å². The molecule has 0 aromatic carbocycles. The minimum Gasteiger partial charge on any atom is -0.352 e. The summed E-state index contributed by atoms with van der Waals surface area (Å²) < 4.78 is 1.92. The second kappa shape index (κ2) is 13.2. The van der Waals surface area contributed by atoms with Crippen molar-refractivity contribution in [3.05, 3.63) is 28.6 Å². The van der Waals surface area contributed by atoms with Crippen molar-refractivity contribution < 1.29 is 4.79 Å². The molecule has 0 N–H and O–H groups in total. The summed E-state index contributed by atoms with van der Waals surface area (Å²) in [6.07, 6.45) is 12.4. The number of carbonyl (C=O) groups excluding carboxylic acids is 1. The third kappa shape index (κ3) is 6.43. The second-order valence-electron chi connectivity index (χ2n) is 11.1. The van der Waals surface area contributed by atoms with Gasteiger partial charge in [-0.25, -0.2) is 19.6 Å². The summed E-state index contributed by atoms with van der Waals surface area (Å²) in [5.41, 5.74) is 1.86. The van der Waals surface area contributed by atoms with Crippen LogP contribution in [0.3, 0.4) is 0 Å². The molecule has 3 aromatic heterocycles. The lowest BCUT2D eigenvalue weighted by atomic mass is 9.84. The predicted octanol–water partition coefficient (Wildman–Crippen LogP) is 4.61. The fourth-order valence-corrected chi connectivity index (χ4v) is 7.18. The average Bonchev–Trinajstić information content (AvgIpc) is 3.60. The van der Waals surface area contributed by atoms with Crippen LogP contribution in [0.5, 0.6) is 0 Å². The largest absolute Gasteiger partial charge is 0.352 e. The number of thiazole rings is 1. The molecule has 1 saturated heterocycles. The first kappa shape index (κ1) is 28.0. The van der Waals surface area contributed by atoms with E-state index in [2.05, 4.69) is 55.9 Å². The van der Waals surface area contributed by atoms with Gasteiger partial charge >= 0.3 is 0 Å². The van der Waals surface area contributed by atoms with Crippen LogP contribution in [-0.4, -0.2) is 85.7 Å². The van der Waals surface area contributed by atoms with Gasteiger partial charge in [0.2, 0.25) is 5.91 Å². The van der Waals surface area contributed by atoms with Crippen LogP contribution in [0.2, 0.25) is 0 Å². The normalized spacial score (nSPS) is 20.3. The van der Waals surface area contributed by atoms with Crippen molar-refractivity contribution in [2.75, 3.05) is 44.2 Å². The molecule has 4 heterocycles. The number of aromatic nitrogens is 5. The maximum atomic E-state index is 13.4. The average molecular weight is 553 g/mol. The molecule has 1 saturated carbocycles. The molecule has 39 heavy (non-hydrogen) atoms. The fourth-order valence-electron chi connectivity index (χ4n) is 6.29. The van der Waals surface area contributed by atoms with E-state index in [4.69, 9.17) is 4.98 Å². The van der Waals surface area contributed by atoms with Gasteiger partial charge in [-0.3, -0.25) is 4.79 Å². The van der Waals surface area contributed by atoms with E-state index in [0.717, 1.165) is 87.2 Å². The Morgan fingerprint density at radius 3 is 2.44 bits per heavy atom. The minimum atomic E-state index is 0.186. The lowest BCUT2D eigenvalue weighted by Crippen LogP contribution is -2.51. The highest BCUT2D eigenvalue weighted by Crippen LogP contribution is 2.30. The maximum absolute atomic E-state index is 13.4. The van der Waals surface area contributed by atoms with Crippen LogP contribution in [0.4, 0.5) is 5.82 Å². The van der Waals surface area contributed by atoms with Crippen LogP contribution < -0.4 is 4.90 Å². The number of hydrogen-bond donors (Lipinski definition) is 0. The number of nitrogens with zero attached hydrogens (tertiary/aromatic N) is 8. The van der Waals surface area contributed by atoms with Crippen molar-refractivity contribution in [2.24, 2.45) is 5.92 Å². The van der Waals surface area contributed by atoms with Gasteiger partial charge in [-0.1, -0.05) is 20.8 Å². The summed E-state index contributed by atoms with van der Waals surface area (Å²) in [6, 6.07) is 0.654. The van der Waals surface area contributed by atoms with Gasteiger partial charge < -0.3 is 14.7 Å². The quantitative estimate of drug-likeness (QED) is 0.343. The highest BCUT2D eigenvalue weighted by Gasteiger charge is 2.33. The van der Waals surface area contributed by atoms with Crippen LogP contribution in [0.15, 0.2) is 17.9 Å². The first-order valence-electron chi connectivity index (χ1n) is 15.0. The summed E-state index contributed by atoms with van der Waals surface area (Å²) in [6.45, 7) is 12.7. The third-order valence-corrected chi connectivity index (χ3v) is 9.22. The van der Waals surface area contributed by atoms with Gasteiger partial charge in [-0.05, 0) is 64.5 Å². The highest BCUT2D eigenvalue weighted by molar-refractivity contribution is 7.09. The van der Waals surface area contributed by atoms with E-state index in [-0.39, 0.29) is 5.92 Å². The number of anilines is 1. The topological polar surface area (TPSA) is 83.3 Å². The molecule has 2 aliphatic rings. The van der Waals surface area contributed by atoms with E-state index in [9.17, 15) is 4.79 Å². The van der Waals surface area contributed by atoms with Crippen LogP contribution in [0.1, 0.15) is 76.4 Å². The van der Waals surface area contributed by atoms with Crippen LogP contribution in [0, 0.1) is 5.92 Å². The van der Waals surface area contributed by atoms with E-state index < -0.39 is 0 Å². The molecule has 1 aliphatic heterocycles. The van der Waals surface area contributed by atoms with Gasteiger partial charge in [0.15, 0.2) is 5.65 Å². The van der Waals surface area contributed by atoms with Gasteiger partial charge in [0.25, 0.3) is 0 Å². The van der Waals surface area contributed by atoms with E-state index in [0.29, 0.717) is 18.5 Å². The zero-order valence-corrected chi connectivity index (χ0v) is 24.7. The zero-order valence-electron chi connectivity index (χ0n) is 23.9. The number of amides is 1. The van der Waals surface area contributed by atoms with Crippen LogP contribution in [0.25, 0.3) is 11.0 Å². The van der Waals surface area contributed by atoms with Crippen LogP contribution in [-0.2, 0) is 17.8 Å². The Bertz CT molecular complexity index is 1200. The van der Waals surface area contributed by atoms with E-state index in [1.165, 1.54) is 30.9 Å². The fraction of sp³-hybridized carbons (Fsp3) is 0.690. The molecule has 0 atom stereocenters. The number of fused-ring (bicyclic) bond motifs is 1. The number of aryl methyl sites for hydroxylation is 1. The van der Waals surface area contributed by atoms with Gasteiger partial charge in [0, 0.05) is 43.5 Å². The van der Waals surface area contributed by atoms with Gasteiger partial charge in [0.1, 0.15) is 12.1 Å². The molecular weight excluding hydrogens is 508 g/mol. The minimum absolute atomic E-state index is 0.186. The molecule has 3 aromatic rings. The standard InChI is InChI=1S/C29H44N8OS/c1-4-7-26-33-23(20-39-26)19-37-28-25(18-32-37)27(30-21-31-28)35-14-16-36(17-15-35)29(38)22-8-10-24(11-9-22)34(12-5-2)13-6-3/h18,20-22,24H,4-17,19H2,1-3H3. The Kier molecular flexibility index (Phi) is 9.45. The van der Waals surface area contributed by atoms with Crippen molar-refractivity contribution in [3.63, 3.8) is 0 Å². The summed E-state index contributed by atoms with van der Waals surface area (Å²) >= 11 is 1.72. The molecule has 1 aliphatic carbocycles. The zero-order chi connectivity index (χ0) is 27.2. The summed E-state index contributed by atoms with van der Waals surface area (Å²) in [5, 5.41) is 8.89. The first-order valence-corrected chi connectivity index (χ1v) is 15.9. The van der Waals surface area contributed by atoms with Crippen molar-refractivity contribution >= 4 is 34.1 Å². The maximum Gasteiger partial charge on any atom is 0.225 e. The van der Waals surface area contributed by atoms with Crippen molar-refractivity contribution in [1.29, 1.82) is 0 Å². The number of hydrogen-bond acceptors (Lipinski definition) is 8. The Labute approximate surface area is 236 Å². The number of piperazine rings is 1.